The number of hydrogen-bond acceptors (Lipinski definition) is 8. The van der Waals surface area contributed by atoms with E-state index in [1.165, 1.54) is 0 Å². The van der Waals surface area contributed by atoms with Gasteiger partial charge in [-0.15, -0.1) is 13.2 Å². The van der Waals surface area contributed by atoms with E-state index in [1.54, 1.807) is 0 Å². The third-order valence-corrected chi connectivity index (χ3v) is 4.22. The summed E-state index contributed by atoms with van der Waals surface area (Å²) in [6, 6.07) is 2.82. The van der Waals surface area contributed by atoms with E-state index >= 15 is 0 Å². The van der Waals surface area contributed by atoms with Gasteiger partial charge in [0.2, 0.25) is 5.82 Å². The number of aromatic nitrogens is 2. The topological polar surface area (TPSA) is 109 Å². The van der Waals surface area contributed by atoms with Gasteiger partial charge in [0.25, 0.3) is 5.91 Å². The lowest BCUT2D eigenvalue weighted by molar-refractivity contribution is -0.274. The zero-order valence-electron chi connectivity index (χ0n) is 18.1. The Labute approximate surface area is 197 Å². The van der Waals surface area contributed by atoms with E-state index in [-0.39, 0.29) is 17.3 Å². The molecule has 0 unspecified atom stereocenters. The predicted octanol–water partition coefficient (Wildman–Crippen LogP) is 4.63. The molecule has 0 aliphatic heterocycles. The molecule has 1 aromatic heterocycles. The fraction of sp³-hybridized carbons (Fsp3) is 0.143. The molecule has 190 valence electrons. The van der Waals surface area contributed by atoms with Gasteiger partial charge in [0, 0.05) is 12.1 Å². The molecule has 36 heavy (non-hydrogen) atoms. The average Bonchev–Trinajstić information content (AvgIpc) is 2.82. The second kappa shape index (κ2) is 10.4. The zero-order valence-corrected chi connectivity index (χ0v) is 18.1. The predicted molar refractivity (Wildman–Crippen MR) is 107 cm³/mol. The van der Waals surface area contributed by atoms with E-state index in [4.69, 9.17) is 9.47 Å². The minimum absolute atomic E-state index is 0.172. The van der Waals surface area contributed by atoms with Crippen LogP contribution in [0.15, 0.2) is 36.7 Å². The van der Waals surface area contributed by atoms with Crippen LogP contribution in [0.1, 0.15) is 21.0 Å². The number of carbonyl (C=O) groups is 2. The van der Waals surface area contributed by atoms with Gasteiger partial charge in [-0.3, -0.25) is 4.79 Å². The van der Waals surface area contributed by atoms with Crippen LogP contribution in [0.5, 0.6) is 23.0 Å². The van der Waals surface area contributed by atoms with Crippen molar-refractivity contribution in [3.63, 3.8) is 0 Å². The van der Waals surface area contributed by atoms with E-state index in [9.17, 15) is 35.9 Å². The number of carbonyl (C=O) groups excluding carboxylic acids is 2. The fourth-order valence-corrected chi connectivity index (χ4v) is 2.70. The first-order valence-electron chi connectivity index (χ1n) is 9.44. The maximum Gasteiger partial charge on any atom is 0.573 e. The second-order valence-electron chi connectivity index (χ2n) is 6.56. The number of hydrogen-bond donors (Lipinski definition) is 1. The highest BCUT2D eigenvalue weighted by molar-refractivity contribution is 6.06. The zero-order chi connectivity index (χ0) is 26.6. The van der Waals surface area contributed by atoms with E-state index in [0.29, 0.717) is 6.07 Å². The van der Waals surface area contributed by atoms with Gasteiger partial charge in [0.15, 0.2) is 29.0 Å². The smallest absolute Gasteiger partial charge is 0.493 e. The summed E-state index contributed by atoms with van der Waals surface area (Å²) in [5, 5.41) is 2.12. The van der Waals surface area contributed by atoms with Crippen LogP contribution in [0.25, 0.3) is 0 Å². The van der Waals surface area contributed by atoms with Gasteiger partial charge in [-0.1, -0.05) is 0 Å². The second-order valence-corrected chi connectivity index (χ2v) is 6.56. The first-order valence-corrected chi connectivity index (χ1v) is 9.44. The van der Waals surface area contributed by atoms with Crippen LogP contribution in [0.4, 0.5) is 32.0 Å². The van der Waals surface area contributed by atoms with E-state index in [1.807, 2.05) is 0 Å². The third kappa shape index (κ3) is 5.92. The van der Waals surface area contributed by atoms with Gasteiger partial charge >= 0.3 is 12.3 Å². The maximum atomic E-state index is 14.6. The van der Waals surface area contributed by atoms with Crippen molar-refractivity contribution >= 4 is 17.6 Å². The van der Waals surface area contributed by atoms with Crippen molar-refractivity contribution in [3.05, 3.63) is 65.5 Å². The summed E-state index contributed by atoms with van der Waals surface area (Å²) in [4.78, 5) is 31.4. The fourth-order valence-electron chi connectivity index (χ4n) is 2.70. The molecule has 0 saturated carbocycles. The molecule has 3 rings (SSSR count). The summed E-state index contributed by atoms with van der Waals surface area (Å²) in [7, 11) is 2.14. The molecule has 1 amide bonds. The molecule has 0 saturated heterocycles. The van der Waals surface area contributed by atoms with Gasteiger partial charge in [-0.05, 0) is 12.1 Å². The summed E-state index contributed by atoms with van der Waals surface area (Å²) < 4.78 is 98.2. The van der Waals surface area contributed by atoms with Crippen molar-refractivity contribution in [2.75, 3.05) is 19.5 Å². The Bertz CT molecular complexity index is 1300. The molecule has 1 N–H and O–H groups in total. The highest BCUT2D eigenvalue weighted by Gasteiger charge is 2.32. The minimum atomic E-state index is -5.01. The largest absolute Gasteiger partial charge is 0.573 e. The summed E-state index contributed by atoms with van der Waals surface area (Å²) in [5.74, 6) is -10.5. The van der Waals surface area contributed by atoms with Crippen molar-refractivity contribution in [3.8, 4) is 23.0 Å². The number of amides is 1. The molecule has 1 heterocycles. The summed E-state index contributed by atoms with van der Waals surface area (Å²) in [5.41, 5.74) is -1.28. The SMILES string of the molecule is COC(=O)c1ncc(NC(=O)c2c(Oc3ccc(OC(F)(F)F)cc3OC)cc(F)c(F)c2F)cn1. The molecule has 0 spiro atoms. The molecule has 0 aliphatic rings. The Morgan fingerprint density at radius 2 is 1.58 bits per heavy atom. The molecule has 0 atom stereocenters. The van der Waals surface area contributed by atoms with E-state index < -0.39 is 58.5 Å². The lowest BCUT2D eigenvalue weighted by atomic mass is 10.1. The summed E-state index contributed by atoms with van der Waals surface area (Å²) in [6.45, 7) is 0. The Morgan fingerprint density at radius 1 is 0.917 bits per heavy atom. The van der Waals surface area contributed by atoms with Crippen molar-refractivity contribution in [2.24, 2.45) is 0 Å². The van der Waals surface area contributed by atoms with Crippen molar-refractivity contribution in [1.29, 1.82) is 0 Å². The van der Waals surface area contributed by atoms with Gasteiger partial charge in [-0.25, -0.2) is 27.9 Å². The highest BCUT2D eigenvalue weighted by Crippen LogP contribution is 2.38. The third-order valence-electron chi connectivity index (χ3n) is 4.22. The van der Waals surface area contributed by atoms with Crippen LogP contribution < -0.4 is 19.5 Å². The van der Waals surface area contributed by atoms with Crippen LogP contribution in [-0.2, 0) is 4.74 Å². The number of nitrogens with one attached hydrogen (secondary N) is 1. The standard InChI is InChI=1S/C21H13F6N3O6/c1-33-13-5-10(36-21(25,26)27)3-4-12(13)35-14-6-11(22)16(23)17(24)15(14)19(31)30-9-7-28-18(29-8-9)20(32)34-2/h3-8H,1-2H3,(H,30,31). The molecular formula is C21H13F6N3O6. The number of esters is 1. The van der Waals surface area contributed by atoms with Crippen LogP contribution in [0, 0.1) is 17.5 Å². The lowest BCUT2D eigenvalue weighted by Crippen LogP contribution is -2.18. The first kappa shape index (κ1) is 26.1. The molecule has 2 aromatic carbocycles. The maximum absolute atomic E-state index is 14.6. The Balaban J connectivity index is 1.96. The molecule has 0 aliphatic carbocycles. The number of anilines is 1. The van der Waals surface area contributed by atoms with Gasteiger partial charge in [-0.2, -0.15) is 0 Å². The Morgan fingerprint density at radius 3 is 2.17 bits per heavy atom. The number of ether oxygens (including phenoxy) is 4. The van der Waals surface area contributed by atoms with Crippen LogP contribution in [-0.4, -0.2) is 42.4 Å². The van der Waals surface area contributed by atoms with Crippen molar-refractivity contribution in [1.82, 2.24) is 9.97 Å². The molecule has 0 radical (unpaired) electrons. The summed E-state index contributed by atoms with van der Waals surface area (Å²) in [6.07, 6.45) is -3.10. The molecule has 0 fully saturated rings. The van der Waals surface area contributed by atoms with Crippen LogP contribution in [0.2, 0.25) is 0 Å². The van der Waals surface area contributed by atoms with Crippen molar-refractivity contribution in [2.45, 2.75) is 6.36 Å². The molecular weight excluding hydrogens is 504 g/mol. The van der Waals surface area contributed by atoms with Crippen molar-refractivity contribution < 1.29 is 54.9 Å². The lowest BCUT2D eigenvalue weighted by Gasteiger charge is -2.16. The molecule has 0 bridgehead atoms. The number of benzene rings is 2. The average molecular weight is 517 g/mol. The number of nitrogens with zero attached hydrogens (tertiary/aromatic N) is 2. The molecule has 15 heteroatoms. The number of rotatable bonds is 7. The van der Waals surface area contributed by atoms with E-state index in [0.717, 1.165) is 44.8 Å². The Kier molecular flexibility index (Phi) is 7.50. The monoisotopic (exact) mass is 517 g/mol. The quantitative estimate of drug-likeness (QED) is 0.275. The molecule has 9 nitrogen and oxygen atoms in total. The highest BCUT2D eigenvalue weighted by atomic mass is 19.4. The number of halogens is 6. The molecule has 3 aromatic rings. The van der Waals surface area contributed by atoms with Gasteiger partial charge in [0.1, 0.15) is 17.1 Å². The first-order chi connectivity index (χ1) is 16.9. The minimum Gasteiger partial charge on any atom is -0.493 e. The number of methoxy groups -OCH3 is 2. The number of alkyl halides is 3. The van der Waals surface area contributed by atoms with Gasteiger partial charge < -0.3 is 24.3 Å². The van der Waals surface area contributed by atoms with Crippen LogP contribution >= 0.6 is 0 Å². The Hall–Kier alpha value is -4.56. The van der Waals surface area contributed by atoms with E-state index in [2.05, 4.69) is 24.8 Å². The summed E-state index contributed by atoms with van der Waals surface area (Å²) >= 11 is 0. The van der Waals surface area contributed by atoms with Gasteiger partial charge in [0.05, 0.1) is 32.3 Å². The van der Waals surface area contributed by atoms with Crippen LogP contribution in [0.3, 0.4) is 0 Å². The normalized spacial score (nSPS) is 11.0.